The molecular weight excluding hydrogens is 278 g/mol. The number of nitrogens with zero attached hydrogens (tertiary/aromatic N) is 1. The highest BCUT2D eigenvalue weighted by Gasteiger charge is 2.18. The van der Waals surface area contributed by atoms with Crippen molar-refractivity contribution < 1.29 is 24.4 Å². The number of carbonyl (C=O) groups is 2. The van der Waals surface area contributed by atoms with Crippen LogP contribution >= 0.6 is 0 Å². The van der Waals surface area contributed by atoms with E-state index in [1.807, 2.05) is 0 Å². The Morgan fingerprint density at radius 2 is 1.71 bits per heavy atom. The van der Waals surface area contributed by atoms with E-state index in [2.05, 4.69) is 0 Å². The molecular formula is C14H9NO6. The molecule has 0 radical (unpaired) electrons. The maximum Gasteiger partial charge on any atom is 0.344 e. The van der Waals surface area contributed by atoms with E-state index in [1.165, 1.54) is 42.5 Å². The van der Waals surface area contributed by atoms with Gasteiger partial charge < -0.3 is 9.84 Å². The van der Waals surface area contributed by atoms with Crippen molar-refractivity contribution in [3.63, 3.8) is 0 Å². The number of hydrogen-bond acceptors (Lipinski definition) is 5. The Hall–Kier alpha value is -3.22. The first-order valence-electron chi connectivity index (χ1n) is 5.78. The van der Waals surface area contributed by atoms with Crippen molar-refractivity contribution >= 4 is 17.6 Å². The molecule has 0 bridgehead atoms. The minimum atomic E-state index is -1.26. The molecule has 106 valence electrons. The smallest absolute Gasteiger partial charge is 0.344 e. The van der Waals surface area contributed by atoms with E-state index in [0.717, 1.165) is 6.07 Å². The van der Waals surface area contributed by atoms with E-state index in [9.17, 15) is 19.7 Å². The predicted octanol–water partition coefficient (Wildman–Crippen LogP) is 2.51. The van der Waals surface area contributed by atoms with E-state index in [1.54, 1.807) is 0 Å². The number of rotatable bonds is 4. The second-order valence-electron chi connectivity index (χ2n) is 3.99. The third-order valence-electron chi connectivity index (χ3n) is 2.62. The highest BCUT2D eigenvalue weighted by Crippen LogP contribution is 2.21. The summed E-state index contributed by atoms with van der Waals surface area (Å²) in [4.78, 5) is 33.0. The number of carboxylic acid groups (broad SMARTS) is 1. The minimum Gasteiger partial charge on any atom is -0.478 e. The van der Waals surface area contributed by atoms with Crippen molar-refractivity contribution in [1.82, 2.24) is 0 Å². The van der Waals surface area contributed by atoms with Crippen LogP contribution in [-0.4, -0.2) is 22.0 Å². The van der Waals surface area contributed by atoms with Crippen LogP contribution in [0.4, 0.5) is 5.69 Å². The number of carbonyl (C=O) groups excluding carboxylic acids is 1. The van der Waals surface area contributed by atoms with Crippen LogP contribution in [0.5, 0.6) is 5.75 Å². The van der Waals surface area contributed by atoms with Gasteiger partial charge in [0.15, 0.2) is 0 Å². The fourth-order valence-electron chi connectivity index (χ4n) is 1.67. The summed E-state index contributed by atoms with van der Waals surface area (Å²) in [7, 11) is 0. The first-order valence-corrected chi connectivity index (χ1v) is 5.78. The Kier molecular flexibility index (Phi) is 3.94. The monoisotopic (exact) mass is 287 g/mol. The summed E-state index contributed by atoms with van der Waals surface area (Å²) in [5.74, 6) is -2.19. The zero-order chi connectivity index (χ0) is 15.4. The Balaban J connectivity index is 2.28. The van der Waals surface area contributed by atoms with Gasteiger partial charge >= 0.3 is 11.9 Å². The maximum absolute atomic E-state index is 12.0. The van der Waals surface area contributed by atoms with E-state index in [0.29, 0.717) is 0 Å². The number of carboxylic acids is 1. The summed E-state index contributed by atoms with van der Waals surface area (Å²) in [5, 5.41) is 19.6. The molecule has 2 rings (SSSR count). The van der Waals surface area contributed by atoms with Gasteiger partial charge in [0.2, 0.25) is 0 Å². The molecule has 0 spiro atoms. The highest BCUT2D eigenvalue weighted by molar-refractivity contribution is 6.03. The van der Waals surface area contributed by atoms with Gasteiger partial charge in [-0.15, -0.1) is 0 Å². The molecule has 2 aromatic rings. The molecule has 0 fully saturated rings. The number of aromatic carboxylic acids is 1. The molecule has 0 saturated heterocycles. The van der Waals surface area contributed by atoms with Gasteiger partial charge in [0, 0.05) is 6.07 Å². The molecule has 7 nitrogen and oxygen atoms in total. The summed E-state index contributed by atoms with van der Waals surface area (Å²) in [6.07, 6.45) is 0. The Labute approximate surface area is 118 Å². The number of ether oxygens (including phenoxy) is 1. The summed E-state index contributed by atoms with van der Waals surface area (Å²) in [6.45, 7) is 0. The van der Waals surface area contributed by atoms with Gasteiger partial charge in [0.1, 0.15) is 5.75 Å². The molecule has 0 amide bonds. The van der Waals surface area contributed by atoms with Crippen LogP contribution in [0, 0.1) is 10.1 Å². The number of hydrogen-bond donors (Lipinski definition) is 1. The Morgan fingerprint density at radius 1 is 1.05 bits per heavy atom. The van der Waals surface area contributed by atoms with Crippen LogP contribution in [0.25, 0.3) is 0 Å². The summed E-state index contributed by atoms with van der Waals surface area (Å²) in [6, 6.07) is 10.6. The lowest BCUT2D eigenvalue weighted by Crippen LogP contribution is -2.14. The standard InChI is InChI=1S/C14H9NO6/c16-13(17)11-6-1-2-7-12(11)14(18)21-10-5-3-4-9(8-10)15(19)20/h1-8H,(H,16,17). The van der Waals surface area contributed by atoms with Crippen molar-refractivity contribution in [2.75, 3.05) is 0 Å². The molecule has 21 heavy (non-hydrogen) atoms. The van der Waals surface area contributed by atoms with Gasteiger partial charge in [-0.3, -0.25) is 10.1 Å². The lowest BCUT2D eigenvalue weighted by Gasteiger charge is -2.06. The number of esters is 1. The van der Waals surface area contributed by atoms with E-state index < -0.39 is 16.9 Å². The first kappa shape index (κ1) is 14.2. The Morgan fingerprint density at radius 3 is 2.33 bits per heavy atom. The van der Waals surface area contributed by atoms with Crippen molar-refractivity contribution in [2.45, 2.75) is 0 Å². The normalized spacial score (nSPS) is 9.90. The zero-order valence-electron chi connectivity index (χ0n) is 10.6. The quantitative estimate of drug-likeness (QED) is 0.400. The predicted molar refractivity (Wildman–Crippen MR) is 71.5 cm³/mol. The van der Waals surface area contributed by atoms with Crippen molar-refractivity contribution in [1.29, 1.82) is 0 Å². The van der Waals surface area contributed by atoms with E-state index >= 15 is 0 Å². The van der Waals surface area contributed by atoms with Gasteiger partial charge in [-0.05, 0) is 18.2 Å². The third-order valence-corrected chi connectivity index (χ3v) is 2.62. The Bertz CT molecular complexity index is 725. The molecule has 2 aromatic carbocycles. The van der Waals surface area contributed by atoms with Crippen LogP contribution in [0.3, 0.4) is 0 Å². The molecule has 0 aliphatic rings. The lowest BCUT2D eigenvalue weighted by molar-refractivity contribution is -0.384. The lowest BCUT2D eigenvalue weighted by atomic mass is 10.1. The molecule has 7 heteroatoms. The van der Waals surface area contributed by atoms with Gasteiger partial charge in [0.25, 0.3) is 5.69 Å². The number of nitro benzene ring substituents is 1. The van der Waals surface area contributed by atoms with E-state index in [-0.39, 0.29) is 22.6 Å². The van der Waals surface area contributed by atoms with Crippen LogP contribution in [0.1, 0.15) is 20.7 Å². The second kappa shape index (κ2) is 5.83. The highest BCUT2D eigenvalue weighted by atomic mass is 16.6. The first-order chi connectivity index (χ1) is 9.99. The largest absolute Gasteiger partial charge is 0.478 e. The average molecular weight is 287 g/mol. The molecule has 0 heterocycles. The van der Waals surface area contributed by atoms with Gasteiger partial charge in [-0.25, -0.2) is 9.59 Å². The van der Waals surface area contributed by atoms with Gasteiger partial charge in [-0.2, -0.15) is 0 Å². The zero-order valence-corrected chi connectivity index (χ0v) is 10.6. The number of nitro groups is 1. The number of benzene rings is 2. The van der Waals surface area contributed by atoms with Gasteiger partial charge in [-0.1, -0.05) is 18.2 Å². The van der Waals surface area contributed by atoms with Crippen molar-refractivity contribution in [2.24, 2.45) is 0 Å². The van der Waals surface area contributed by atoms with Crippen molar-refractivity contribution in [3.05, 3.63) is 69.8 Å². The molecule has 0 unspecified atom stereocenters. The molecule has 0 atom stereocenters. The van der Waals surface area contributed by atoms with Gasteiger partial charge in [0.05, 0.1) is 22.1 Å². The molecule has 0 saturated carbocycles. The second-order valence-corrected chi connectivity index (χ2v) is 3.99. The molecule has 1 N–H and O–H groups in total. The van der Waals surface area contributed by atoms with Crippen LogP contribution in [0.2, 0.25) is 0 Å². The SMILES string of the molecule is O=C(O)c1ccccc1C(=O)Oc1cccc([N+](=O)[O-])c1. The third kappa shape index (κ3) is 3.21. The fraction of sp³-hybridized carbons (Fsp3) is 0. The molecule has 0 aliphatic heterocycles. The fourth-order valence-corrected chi connectivity index (χ4v) is 1.67. The minimum absolute atomic E-state index is 0.0330. The average Bonchev–Trinajstić information content (AvgIpc) is 2.47. The van der Waals surface area contributed by atoms with Crippen molar-refractivity contribution in [3.8, 4) is 5.75 Å². The molecule has 0 aliphatic carbocycles. The molecule has 0 aromatic heterocycles. The van der Waals surface area contributed by atoms with Crippen LogP contribution in [-0.2, 0) is 0 Å². The maximum atomic E-state index is 12.0. The number of non-ortho nitro benzene ring substituents is 1. The van der Waals surface area contributed by atoms with Crippen LogP contribution < -0.4 is 4.74 Å². The van der Waals surface area contributed by atoms with E-state index in [4.69, 9.17) is 9.84 Å². The van der Waals surface area contributed by atoms with Crippen LogP contribution in [0.15, 0.2) is 48.5 Å². The summed E-state index contributed by atoms with van der Waals surface area (Å²) in [5.41, 5.74) is -0.559. The summed E-state index contributed by atoms with van der Waals surface area (Å²) < 4.78 is 4.98. The topological polar surface area (TPSA) is 107 Å². The summed E-state index contributed by atoms with van der Waals surface area (Å²) >= 11 is 0.